The maximum atomic E-state index is 12.1. The summed E-state index contributed by atoms with van der Waals surface area (Å²) in [5, 5.41) is 8.37. The molecule has 1 aliphatic rings. The van der Waals surface area contributed by atoms with Gasteiger partial charge in [0.1, 0.15) is 6.04 Å². The first-order chi connectivity index (χ1) is 12.0. The van der Waals surface area contributed by atoms with Crippen LogP contribution in [0.2, 0.25) is 0 Å². The second-order valence-electron chi connectivity index (χ2n) is 6.23. The van der Waals surface area contributed by atoms with Gasteiger partial charge >= 0.3 is 6.03 Å². The second-order valence-corrected chi connectivity index (χ2v) is 6.23. The minimum absolute atomic E-state index is 0.145. The molecule has 2 rings (SSSR count). The van der Waals surface area contributed by atoms with E-state index in [1.54, 1.807) is 33.3 Å². The summed E-state index contributed by atoms with van der Waals surface area (Å²) in [4.78, 5) is 24.1. The number of benzene rings is 1. The number of ether oxygens (including phenoxy) is 2. The Bertz CT molecular complexity index is 600. The van der Waals surface area contributed by atoms with Crippen molar-refractivity contribution < 1.29 is 19.1 Å². The number of methoxy groups -OCH3 is 2. The first-order valence-electron chi connectivity index (χ1n) is 8.59. The van der Waals surface area contributed by atoms with Gasteiger partial charge in [0.05, 0.1) is 14.2 Å². The van der Waals surface area contributed by atoms with Gasteiger partial charge < -0.3 is 25.4 Å². The number of amides is 3. The number of hydrogen-bond donors (Lipinski definition) is 3. The molecule has 3 amide bonds. The van der Waals surface area contributed by atoms with Crippen LogP contribution in [0.4, 0.5) is 4.79 Å². The number of rotatable bonds is 7. The van der Waals surface area contributed by atoms with E-state index < -0.39 is 6.04 Å². The Balaban J connectivity index is 1.78. The summed E-state index contributed by atoms with van der Waals surface area (Å²) in [6.07, 6.45) is 4.34. The highest BCUT2D eigenvalue weighted by Gasteiger charge is 2.21. The van der Waals surface area contributed by atoms with Crippen LogP contribution in [-0.2, 0) is 11.3 Å². The summed E-state index contributed by atoms with van der Waals surface area (Å²) in [5.41, 5.74) is 0.871. The SMILES string of the molecule is COc1ccc(CNC(=O)NC(C)C(=O)NC2CCCC2)cc1OC. The summed E-state index contributed by atoms with van der Waals surface area (Å²) in [6.45, 7) is 2.00. The van der Waals surface area contributed by atoms with Gasteiger partial charge in [0.25, 0.3) is 0 Å². The standard InChI is InChI=1S/C18H27N3O4/c1-12(17(22)21-14-6-4-5-7-14)20-18(23)19-11-13-8-9-15(24-2)16(10-13)25-3/h8-10,12,14H,4-7,11H2,1-3H3,(H,21,22)(H2,19,20,23). The van der Waals surface area contributed by atoms with Crippen LogP contribution in [0.15, 0.2) is 18.2 Å². The molecular formula is C18H27N3O4. The quantitative estimate of drug-likeness (QED) is 0.702. The van der Waals surface area contributed by atoms with Gasteiger partial charge in [-0.25, -0.2) is 4.79 Å². The molecule has 1 aromatic rings. The van der Waals surface area contributed by atoms with E-state index >= 15 is 0 Å². The van der Waals surface area contributed by atoms with Gasteiger partial charge in [0.15, 0.2) is 11.5 Å². The fourth-order valence-electron chi connectivity index (χ4n) is 2.88. The predicted molar refractivity (Wildman–Crippen MR) is 94.8 cm³/mol. The van der Waals surface area contributed by atoms with Crippen molar-refractivity contribution in [2.45, 2.75) is 51.2 Å². The van der Waals surface area contributed by atoms with Crippen molar-refractivity contribution in [2.24, 2.45) is 0 Å². The van der Waals surface area contributed by atoms with Crippen molar-refractivity contribution in [3.05, 3.63) is 23.8 Å². The number of hydrogen-bond acceptors (Lipinski definition) is 4. The maximum Gasteiger partial charge on any atom is 0.315 e. The van der Waals surface area contributed by atoms with Gasteiger partial charge in [0, 0.05) is 12.6 Å². The van der Waals surface area contributed by atoms with E-state index in [2.05, 4.69) is 16.0 Å². The van der Waals surface area contributed by atoms with Gasteiger partial charge in [-0.2, -0.15) is 0 Å². The molecule has 0 aromatic heterocycles. The zero-order chi connectivity index (χ0) is 18.2. The number of carbonyl (C=O) groups is 2. The molecule has 25 heavy (non-hydrogen) atoms. The lowest BCUT2D eigenvalue weighted by molar-refractivity contribution is -0.123. The molecule has 1 unspecified atom stereocenters. The minimum Gasteiger partial charge on any atom is -0.493 e. The smallest absolute Gasteiger partial charge is 0.315 e. The van der Waals surface area contributed by atoms with E-state index in [-0.39, 0.29) is 18.0 Å². The molecule has 138 valence electrons. The third-order valence-electron chi connectivity index (χ3n) is 4.34. The number of carbonyl (C=O) groups excluding carboxylic acids is 2. The lowest BCUT2D eigenvalue weighted by atomic mass is 10.2. The molecule has 1 aliphatic carbocycles. The molecule has 0 aliphatic heterocycles. The van der Waals surface area contributed by atoms with E-state index in [1.807, 2.05) is 6.07 Å². The Kier molecular flexibility index (Phi) is 6.91. The topological polar surface area (TPSA) is 88.7 Å². The largest absolute Gasteiger partial charge is 0.493 e. The van der Waals surface area contributed by atoms with Crippen molar-refractivity contribution >= 4 is 11.9 Å². The molecule has 1 fully saturated rings. The molecule has 1 atom stereocenters. The fourth-order valence-corrected chi connectivity index (χ4v) is 2.88. The van der Waals surface area contributed by atoms with Crippen molar-refractivity contribution in [1.29, 1.82) is 0 Å². The summed E-state index contributed by atoms with van der Waals surface area (Å²) >= 11 is 0. The molecule has 1 saturated carbocycles. The highest BCUT2D eigenvalue weighted by molar-refractivity contribution is 5.86. The van der Waals surface area contributed by atoms with Gasteiger partial charge in [-0.15, -0.1) is 0 Å². The molecule has 0 radical (unpaired) electrons. The third kappa shape index (κ3) is 5.55. The molecular weight excluding hydrogens is 322 g/mol. The van der Waals surface area contributed by atoms with Crippen molar-refractivity contribution in [1.82, 2.24) is 16.0 Å². The maximum absolute atomic E-state index is 12.1. The van der Waals surface area contributed by atoms with E-state index in [4.69, 9.17) is 9.47 Å². The lowest BCUT2D eigenvalue weighted by Gasteiger charge is -2.18. The fraction of sp³-hybridized carbons (Fsp3) is 0.556. The molecule has 0 heterocycles. The Labute approximate surface area is 148 Å². The highest BCUT2D eigenvalue weighted by atomic mass is 16.5. The first-order valence-corrected chi connectivity index (χ1v) is 8.59. The monoisotopic (exact) mass is 349 g/mol. The number of nitrogens with one attached hydrogen (secondary N) is 3. The first kappa shape index (κ1) is 18.9. The summed E-state index contributed by atoms with van der Waals surface area (Å²) in [7, 11) is 3.13. The molecule has 0 bridgehead atoms. The Morgan fingerprint density at radius 1 is 1.16 bits per heavy atom. The molecule has 7 heteroatoms. The average molecular weight is 349 g/mol. The molecule has 0 saturated heterocycles. The van der Waals surface area contributed by atoms with Gasteiger partial charge in [-0.3, -0.25) is 4.79 Å². The van der Waals surface area contributed by atoms with Crippen LogP contribution in [0, 0.1) is 0 Å². The molecule has 3 N–H and O–H groups in total. The Hall–Kier alpha value is -2.44. The summed E-state index contributed by atoms with van der Waals surface area (Å²) in [6, 6.07) is 4.71. The Morgan fingerprint density at radius 2 is 1.84 bits per heavy atom. The van der Waals surface area contributed by atoms with E-state index in [9.17, 15) is 9.59 Å². The second kappa shape index (κ2) is 9.15. The van der Waals surface area contributed by atoms with Gasteiger partial charge in [-0.1, -0.05) is 18.9 Å². The van der Waals surface area contributed by atoms with Crippen LogP contribution in [0.1, 0.15) is 38.2 Å². The van der Waals surface area contributed by atoms with Crippen molar-refractivity contribution in [3.8, 4) is 11.5 Å². The molecule has 0 spiro atoms. The van der Waals surface area contributed by atoms with E-state index in [0.29, 0.717) is 18.0 Å². The van der Waals surface area contributed by atoms with E-state index in [0.717, 1.165) is 31.2 Å². The van der Waals surface area contributed by atoms with Crippen LogP contribution in [0.5, 0.6) is 11.5 Å². The van der Waals surface area contributed by atoms with Crippen molar-refractivity contribution in [2.75, 3.05) is 14.2 Å². The molecule has 1 aromatic carbocycles. The minimum atomic E-state index is -0.578. The van der Waals surface area contributed by atoms with Crippen LogP contribution < -0.4 is 25.4 Å². The summed E-state index contributed by atoms with van der Waals surface area (Å²) in [5.74, 6) is 1.09. The van der Waals surface area contributed by atoms with E-state index in [1.165, 1.54) is 0 Å². The Morgan fingerprint density at radius 3 is 2.48 bits per heavy atom. The summed E-state index contributed by atoms with van der Waals surface area (Å²) < 4.78 is 10.4. The number of urea groups is 1. The predicted octanol–water partition coefficient (Wildman–Crippen LogP) is 1.95. The van der Waals surface area contributed by atoms with Crippen LogP contribution in [0.3, 0.4) is 0 Å². The van der Waals surface area contributed by atoms with Crippen LogP contribution >= 0.6 is 0 Å². The lowest BCUT2D eigenvalue weighted by Crippen LogP contribution is -2.50. The van der Waals surface area contributed by atoms with Gasteiger partial charge in [0.2, 0.25) is 5.91 Å². The third-order valence-corrected chi connectivity index (χ3v) is 4.34. The zero-order valence-electron chi connectivity index (χ0n) is 15.1. The molecule has 7 nitrogen and oxygen atoms in total. The van der Waals surface area contributed by atoms with Crippen LogP contribution in [-0.4, -0.2) is 38.2 Å². The van der Waals surface area contributed by atoms with Crippen LogP contribution in [0.25, 0.3) is 0 Å². The van der Waals surface area contributed by atoms with Gasteiger partial charge in [-0.05, 0) is 37.5 Å². The average Bonchev–Trinajstić information content (AvgIpc) is 3.12. The zero-order valence-corrected chi connectivity index (χ0v) is 15.1. The van der Waals surface area contributed by atoms with Crippen molar-refractivity contribution in [3.63, 3.8) is 0 Å². The highest BCUT2D eigenvalue weighted by Crippen LogP contribution is 2.27. The normalized spacial score (nSPS) is 15.3.